The highest BCUT2D eigenvalue weighted by atomic mass is 16.5. The first-order chi connectivity index (χ1) is 9.20. The van der Waals surface area contributed by atoms with Crippen molar-refractivity contribution in [1.82, 2.24) is 5.32 Å². The minimum absolute atomic E-state index is 0.00463. The second-order valence-electron chi connectivity index (χ2n) is 4.81. The van der Waals surface area contributed by atoms with Crippen molar-refractivity contribution in [3.8, 4) is 0 Å². The summed E-state index contributed by atoms with van der Waals surface area (Å²) in [6.45, 7) is 16.8. The van der Waals surface area contributed by atoms with Crippen LogP contribution in [0.25, 0.3) is 0 Å². The zero-order valence-corrected chi connectivity index (χ0v) is 14.5. The van der Waals surface area contributed by atoms with Gasteiger partial charge < -0.3 is 19.9 Å². The first-order valence-corrected chi connectivity index (χ1v) is 7.32. The van der Waals surface area contributed by atoms with Gasteiger partial charge in [0.05, 0.1) is 18.8 Å². The maximum Gasteiger partial charge on any atom is 0.217 e. The molecule has 0 spiro atoms. The van der Waals surface area contributed by atoms with E-state index >= 15 is 0 Å². The molecule has 1 atom stereocenters. The minimum atomic E-state index is 0.00463. The third-order valence-corrected chi connectivity index (χ3v) is 1.70. The Balaban J connectivity index is -0.000000218. The number of carbonyl (C=O) groups excluding carboxylic acids is 1. The number of ether oxygens (including phenoxy) is 2. The molecule has 0 fully saturated rings. The van der Waals surface area contributed by atoms with Crippen LogP contribution in [0.4, 0.5) is 0 Å². The Labute approximate surface area is 125 Å². The fraction of sp³-hybridized carbons (Fsp3) is 0.933. The van der Waals surface area contributed by atoms with Gasteiger partial charge in [-0.15, -0.1) is 0 Å². The zero-order chi connectivity index (χ0) is 16.6. The molecule has 2 N–H and O–H groups in total. The number of aliphatic hydroxyl groups is 1. The smallest absolute Gasteiger partial charge is 0.217 e. The van der Waals surface area contributed by atoms with Crippen LogP contribution in [-0.4, -0.2) is 49.1 Å². The fourth-order valence-corrected chi connectivity index (χ4v) is 1.08. The van der Waals surface area contributed by atoms with Crippen LogP contribution in [0.2, 0.25) is 0 Å². The lowest BCUT2D eigenvalue weighted by atomic mass is 10.4. The molecule has 0 aromatic carbocycles. The van der Waals surface area contributed by atoms with Crippen molar-refractivity contribution in [3.05, 3.63) is 0 Å². The number of hydrogen-bond donors (Lipinski definition) is 2. The summed E-state index contributed by atoms with van der Waals surface area (Å²) in [5.74, 6) is 0.0370. The van der Waals surface area contributed by atoms with E-state index in [2.05, 4.69) is 5.32 Å². The first kappa shape index (κ1) is 24.4. The maximum atomic E-state index is 10.1. The Bertz CT molecular complexity index is 196. The molecular formula is C15H35NO4. The van der Waals surface area contributed by atoms with Gasteiger partial charge in [0.25, 0.3) is 0 Å². The normalized spacial score (nSPS) is 11.2. The van der Waals surface area contributed by atoms with E-state index in [1.807, 2.05) is 48.5 Å². The zero-order valence-electron chi connectivity index (χ0n) is 14.5. The molecule has 0 rings (SSSR count). The lowest BCUT2D eigenvalue weighted by Crippen LogP contribution is -2.27. The number of nitrogens with one attached hydrogen (secondary N) is 1. The number of amides is 1. The Morgan fingerprint density at radius 2 is 1.50 bits per heavy atom. The van der Waals surface area contributed by atoms with Crippen molar-refractivity contribution in [2.24, 2.45) is 0 Å². The van der Waals surface area contributed by atoms with Gasteiger partial charge in [-0.1, -0.05) is 0 Å². The average Bonchev–Trinajstić information content (AvgIpc) is 2.28. The van der Waals surface area contributed by atoms with Gasteiger partial charge in [-0.3, -0.25) is 4.79 Å². The van der Waals surface area contributed by atoms with Gasteiger partial charge in [-0.2, -0.15) is 0 Å². The standard InChI is InChI=1S/C5H11NO.C5H12O2.C5H12O/c1-4(2)6-5(3)7;1-3-7-5(2)4-6;1-4-6-5(2)3/h4H,1-3H3,(H,6,7);5-6H,3-4H2,1-2H3;5H,4H2,1-3H3. The predicted molar refractivity (Wildman–Crippen MR) is 83.9 cm³/mol. The summed E-state index contributed by atoms with van der Waals surface area (Å²) in [6, 6.07) is 0.275. The summed E-state index contributed by atoms with van der Waals surface area (Å²) in [4.78, 5) is 10.1. The molecule has 124 valence electrons. The third kappa shape index (κ3) is 36.0. The largest absolute Gasteiger partial charge is 0.394 e. The Kier molecular flexibility index (Phi) is 22.4. The van der Waals surface area contributed by atoms with Gasteiger partial charge >= 0.3 is 0 Å². The molecule has 5 heteroatoms. The lowest BCUT2D eigenvalue weighted by molar-refractivity contribution is -0.119. The van der Waals surface area contributed by atoms with Crippen LogP contribution in [0.15, 0.2) is 0 Å². The van der Waals surface area contributed by atoms with Crippen molar-refractivity contribution in [1.29, 1.82) is 0 Å². The van der Waals surface area contributed by atoms with E-state index in [1.54, 1.807) is 0 Å². The Hall–Kier alpha value is -0.650. The summed E-state index contributed by atoms with van der Waals surface area (Å²) in [7, 11) is 0. The second kappa shape index (κ2) is 18.4. The maximum absolute atomic E-state index is 10.1. The van der Waals surface area contributed by atoms with Crippen LogP contribution >= 0.6 is 0 Å². The Morgan fingerprint density at radius 1 is 1.05 bits per heavy atom. The van der Waals surface area contributed by atoms with Crippen LogP contribution in [0, 0.1) is 0 Å². The van der Waals surface area contributed by atoms with Crippen LogP contribution in [0.3, 0.4) is 0 Å². The molecule has 0 aliphatic rings. The van der Waals surface area contributed by atoms with E-state index in [1.165, 1.54) is 6.92 Å². The molecule has 0 aliphatic heterocycles. The van der Waals surface area contributed by atoms with Crippen LogP contribution < -0.4 is 5.32 Å². The number of hydrogen-bond acceptors (Lipinski definition) is 4. The van der Waals surface area contributed by atoms with Crippen molar-refractivity contribution in [2.45, 2.75) is 73.6 Å². The van der Waals surface area contributed by atoms with Crippen molar-refractivity contribution in [2.75, 3.05) is 19.8 Å². The van der Waals surface area contributed by atoms with Gasteiger partial charge in [0.2, 0.25) is 5.91 Å². The molecule has 0 saturated heterocycles. The summed E-state index contributed by atoms with van der Waals surface area (Å²) in [6.07, 6.45) is 0.403. The monoisotopic (exact) mass is 293 g/mol. The molecule has 0 aliphatic carbocycles. The molecule has 0 heterocycles. The summed E-state index contributed by atoms with van der Waals surface area (Å²) < 4.78 is 9.98. The van der Waals surface area contributed by atoms with Crippen molar-refractivity contribution >= 4 is 5.91 Å². The molecule has 1 amide bonds. The van der Waals surface area contributed by atoms with Gasteiger partial charge in [0, 0.05) is 26.2 Å². The van der Waals surface area contributed by atoms with Crippen LogP contribution in [0.5, 0.6) is 0 Å². The van der Waals surface area contributed by atoms with E-state index in [0.29, 0.717) is 12.7 Å². The SMILES string of the molecule is CC(=O)NC(C)C.CCOC(C)C.CCOC(C)CO. The summed E-state index contributed by atoms with van der Waals surface area (Å²) >= 11 is 0. The molecule has 0 aromatic heterocycles. The third-order valence-electron chi connectivity index (χ3n) is 1.70. The van der Waals surface area contributed by atoms with E-state index in [0.717, 1.165) is 6.61 Å². The number of rotatable bonds is 6. The van der Waals surface area contributed by atoms with E-state index < -0.39 is 0 Å². The molecule has 0 aromatic rings. The fourth-order valence-electron chi connectivity index (χ4n) is 1.08. The highest BCUT2D eigenvalue weighted by molar-refractivity contribution is 5.73. The molecule has 0 bridgehead atoms. The quantitative estimate of drug-likeness (QED) is 0.789. The molecule has 0 radical (unpaired) electrons. The van der Waals surface area contributed by atoms with Gasteiger partial charge in [-0.25, -0.2) is 0 Å². The first-order valence-electron chi connectivity index (χ1n) is 7.32. The molecule has 0 saturated carbocycles. The summed E-state index contributed by atoms with van der Waals surface area (Å²) in [5, 5.41) is 11.0. The molecule has 5 nitrogen and oxygen atoms in total. The van der Waals surface area contributed by atoms with Gasteiger partial charge in [0.1, 0.15) is 0 Å². The topological polar surface area (TPSA) is 67.8 Å². The number of aliphatic hydroxyl groups excluding tert-OH is 1. The predicted octanol–water partition coefficient (Wildman–Crippen LogP) is 2.37. The number of carbonyl (C=O) groups is 1. The Morgan fingerprint density at radius 3 is 1.55 bits per heavy atom. The molecule has 1 unspecified atom stereocenters. The van der Waals surface area contributed by atoms with E-state index in [-0.39, 0.29) is 24.7 Å². The second-order valence-corrected chi connectivity index (χ2v) is 4.81. The van der Waals surface area contributed by atoms with Crippen molar-refractivity contribution < 1.29 is 19.4 Å². The van der Waals surface area contributed by atoms with E-state index in [4.69, 9.17) is 14.6 Å². The van der Waals surface area contributed by atoms with Crippen LogP contribution in [0.1, 0.15) is 55.4 Å². The van der Waals surface area contributed by atoms with E-state index in [9.17, 15) is 4.79 Å². The lowest BCUT2D eigenvalue weighted by Gasteiger charge is -2.04. The van der Waals surface area contributed by atoms with Crippen LogP contribution in [-0.2, 0) is 14.3 Å². The minimum Gasteiger partial charge on any atom is -0.394 e. The van der Waals surface area contributed by atoms with Crippen molar-refractivity contribution in [3.63, 3.8) is 0 Å². The van der Waals surface area contributed by atoms with Gasteiger partial charge in [0.15, 0.2) is 0 Å². The molecule has 20 heavy (non-hydrogen) atoms. The average molecular weight is 293 g/mol. The highest BCUT2D eigenvalue weighted by Gasteiger charge is 1.93. The highest BCUT2D eigenvalue weighted by Crippen LogP contribution is 1.85. The molecular weight excluding hydrogens is 258 g/mol. The van der Waals surface area contributed by atoms with Gasteiger partial charge in [-0.05, 0) is 48.5 Å². The summed E-state index contributed by atoms with van der Waals surface area (Å²) in [5.41, 5.74) is 0.